The minimum absolute atomic E-state index is 0.257. The third kappa shape index (κ3) is 4.11. The summed E-state index contributed by atoms with van der Waals surface area (Å²) in [5.74, 6) is 0.293. The van der Waals surface area contributed by atoms with Crippen LogP contribution in [-0.2, 0) is 11.2 Å². The molecule has 1 aromatic heterocycles. The van der Waals surface area contributed by atoms with E-state index in [0.29, 0.717) is 23.5 Å². The molecule has 1 aromatic carbocycles. The van der Waals surface area contributed by atoms with Crippen LogP contribution in [0.2, 0.25) is 0 Å². The number of benzene rings is 1. The first-order valence-corrected chi connectivity index (χ1v) is 8.49. The second kappa shape index (κ2) is 7.92. The molecule has 0 aliphatic heterocycles. The number of thiazole rings is 1. The summed E-state index contributed by atoms with van der Waals surface area (Å²) in [4.78, 5) is 29.1. The molecule has 0 amide bonds. The van der Waals surface area contributed by atoms with Crippen molar-refractivity contribution in [3.63, 3.8) is 0 Å². The van der Waals surface area contributed by atoms with Gasteiger partial charge in [0, 0.05) is 13.8 Å². The van der Waals surface area contributed by atoms with Gasteiger partial charge >= 0.3 is 5.97 Å². The summed E-state index contributed by atoms with van der Waals surface area (Å²) < 4.78 is 12.0. The number of carbonyl (C=O) groups is 2. The highest BCUT2D eigenvalue weighted by Gasteiger charge is 2.18. The van der Waals surface area contributed by atoms with Gasteiger partial charge in [0.2, 0.25) is 11.8 Å². The summed E-state index contributed by atoms with van der Waals surface area (Å²) in [6.07, 6.45) is 0.638. The molecule has 0 spiro atoms. The van der Waals surface area contributed by atoms with Gasteiger partial charge in [-0.25, -0.2) is 9.56 Å². The van der Waals surface area contributed by atoms with Gasteiger partial charge in [0.15, 0.2) is 4.80 Å². The van der Waals surface area contributed by atoms with Gasteiger partial charge < -0.3 is 9.47 Å². The maximum atomic E-state index is 12.0. The molecule has 2 aromatic rings. The fraction of sp³-hybridized carbons (Fsp3) is 0.353. The van der Waals surface area contributed by atoms with Gasteiger partial charge in [0.25, 0.3) is 0 Å². The monoisotopic (exact) mass is 348 g/mol. The Bertz CT molecular complexity index is 803. The molecule has 6 nitrogen and oxygen atoms in total. The molecular weight excluding hydrogens is 328 g/mol. The number of ether oxygens (including phenoxy) is 2. The van der Waals surface area contributed by atoms with Crippen molar-refractivity contribution in [3.05, 3.63) is 33.9 Å². The fourth-order valence-electron chi connectivity index (χ4n) is 2.12. The van der Waals surface area contributed by atoms with Crippen molar-refractivity contribution in [2.75, 3.05) is 6.61 Å². The first-order chi connectivity index (χ1) is 11.5. The Morgan fingerprint density at radius 2 is 1.83 bits per heavy atom. The first kappa shape index (κ1) is 17.9. The van der Waals surface area contributed by atoms with Crippen LogP contribution >= 0.6 is 11.3 Å². The van der Waals surface area contributed by atoms with Gasteiger partial charge in [-0.3, -0.25) is 9.59 Å². The Kier molecular flexibility index (Phi) is 5.92. The van der Waals surface area contributed by atoms with E-state index in [1.807, 2.05) is 38.1 Å². The second-order valence-electron chi connectivity index (χ2n) is 4.95. The molecule has 0 N–H and O–H groups in total. The Morgan fingerprint density at radius 3 is 2.33 bits per heavy atom. The Balaban J connectivity index is 2.53. The lowest BCUT2D eigenvalue weighted by molar-refractivity contribution is -0.132. The van der Waals surface area contributed by atoms with Gasteiger partial charge in [-0.05, 0) is 37.6 Å². The first-order valence-electron chi connectivity index (χ1n) is 7.67. The lowest BCUT2D eigenvalue weighted by Gasteiger charge is -2.05. The summed E-state index contributed by atoms with van der Waals surface area (Å²) in [5.41, 5.74) is 0.687. The average molecular weight is 348 g/mol. The Hall–Kier alpha value is -2.41. The van der Waals surface area contributed by atoms with Gasteiger partial charge in [-0.1, -0.05) is 18.3 Å². The summed E-state index contributed by atoms with van der Waals surface area (Å²) in [6.45, 7) is 7.17. The molecule has 0 saturated carbocycles. The quantitative estimate of drug-likeness (QED) is 0.777. The summed E-state index contributed by atoms with van der Waals surface area (Å²) in [5, 5.41) is 0. The lowest BCUT2D eigenvalue weighted by Crippen LogP contribution is -2.22. The van der Waals surface area contributed by atoms with Crippen LogP contribution in [0.1, 0.15) is 37.4 Å². The minimum atomic E-state index is -0.467. The molecule has 0 aliphatic carbocycles. The summed E-state index contributed by atoms with van der Waals surface area (Å²) in [6, 6.07) is 7.27. The molecule has 0 radical (unpaired) electrons. The third-order valence-electron chi connectivity index (χ3n) is 3.10. The van der Waals surface area contributed by atoms with E-state index in [9.17, 15) is 9.59 Å². The molecule has 24 heavy (non-hydrogen) atoms. The van der Waals surface area contributed by atoms with Crippen molar-refractivity contribution < 1.29 is 19.1 Å². The van der Waals surface area contributed by atoms with Crippen molar-refractivity contribution in [3.8, 4) is 11.6 Å². The number of rotatable bonds is 5. The van der Waals surface area contributed by atoms with Crippen LogP contribution in [0.25, 0.3) is 0 Å². The van der Waals surface area contributed by atoms with Crippen LogP contribution in [0.4, 0.5) is 5.69 Å². The van der Waals surface area contributed by atoms with Gasteiger partial charge in [0.05, 0.1) is 17.2 Å². The van der Waals surface area contributed by atoms with E-state index >= 15 is 0 Å². The van der Waals surface area contributed by atoms with Crippen LogP contribution in [-0.4, -0.2) is 23.1 Å². The summed E-state index contributed by atoms with van der Waals surface area (Å²) in [7, 11) is 0. The molecule has 0 bridgehead atoms. The van der Waals surface area contributed by atoms with E-state index in [1.54, 1.807) is 0 Å². The van der Waals surface area contributed by atoms with Crippen molar-refractivity contribution in [1.82, 2.24) is 4.57 Å². The van der Waals surface area contributed by atoms with Gasteiger partial charge in [-0.2, -0.15) is 0 Å². The smallest absolute Gasteiger partial charge is 0.309 e. The average Bonchev–Trinajstić information content (AvgIpc) is 2.86. The highest BCUT2D eigenvalue weighted by molar-refractivity contribution is 7.09. The van der Waals surface area contributed by atoms with E-state index in [4.69, 9.17) is 9.47 Å². The van der Waals surface area contributed by atoms with Crippen LogP contribution in [0.5, 0.6) is 11.6 Å². The topological polar surface area (TPSA) is 69.9 Å². The standard InChI is InChI=1S/C17H20N2O4S/c1-5-15-16(23-12(4)21)19(11(3)20)17(24-15)18-13-7-9-14(10-8-13)22-6-2/h7-10H,5-6H2,1-4H3. The Morgan fingerprint density at radius 1 is 1.17 bits per heavy atom. The maximum Gasteiger partial charge on any atom is 0.309 e. The fourth-order valence-corrected chi connectivity index (χ4v) is 3.16. The third-order valence-corrected chi connectivity index (χ3v) is 4.26. The van der Waals surface area contributed by atoms with Crippen LogP contribution in [0.15, 0.2) is 29.3 Å². The van der Waals surface area contributed by atoms with E-state index in [1.165, 1.54) is 29.8 Å². The van der Waals surface area contributed by atoms with Crippen LogP contribution in [0.3, 0.4) is 0 Å². The van der Waals surface area contributed by atoms with Crippen molar-refractivity contribution in [2.45, 2.75) is 34.1 Å². The molecule has 1 heterocycles. The Labute approximate surface area is 144 Å². The molecule has 0 unspecified atom stereocenters. The SMILES string of the molecule is CCOc1ccc(N=c2sc(CC)c(OC(C)=O)n2C(C)=O)cc1. The molecule has 0 atom stereocenters. The number of esters is 1. The molecule has 0 saturated heterocycles. The number of hydrogen-bond acceptors (Lipinski definition) is 6. The highest BCUT2D eigenvalue weighted by Crippen LogP contribution is 2.24. The van der Waals surface area contributed by atoms with Crippen molar-refractivity contribution >= 4 is 28.9 Å². The van der Waals surface area contributed by atoms with Crippen molar-refractivity contribution in [1.29, 1.82) is 0 Å². The zero-order chi connectivity index (χ0) is 17.7. The van der Waals surface area contributed by atoms with Gasteiger partial charge in [0.1, 0.15) is 5.75 Å². The van der Waals surface area contributed by atoms with Crippen LogP contribution < -0.4 is 14.3 Å². The molecule has 7 heteroatoms. The zero-order valence-corrected chi connectivity index (χ0v) is 15.0. The number of aromatic nitrogens is 1. The molecule has 128 valence electrons. The predicted molar refractivity (Wildman–Crippen MR) is 92.1 cm³/mol. The maximum absolute atomic E-state index is 12.0. The van der Waals surface area contributed by atoms with E-state index in [-0.39, 0.29) is 11.8 Å². The number of aryl methyl sites for hydroxylation is 1. The van der Waals surface area contributed by atoms with Crippen LogP contribution in [0, 0.1) is 0 Å². The van der Waals surface area contributed by atoms with E-state index < -0.39 is 5.97 Å². The second-order valence-corrected chi connectivity index (χ2v) is 6.02. The highest BCUT2D eigenvalue weighted by atomic mass is 32.1. The lowest BCUT2D eigenvalue weighted by atomic mass is 10.3. The summed E-state index contributed by atoms with van der Waals surface area (Å²) >= 11 is 1.33. The van der Waals surface area contributed by atoms with E-state index in [2.05, 4.69) is 4.99 Å². The molecule has 0 fully saturated rings. The zero-order valence-electron chi connectivity index (χ0n) is 14.2. The number of hydrogen-bond donors (Lipinski definition) is 0. The number of nitrogens with zero attached hydrogens (tertiary/aromatic N) is 2. The normalized spacial score (nSPS) is 11.4. The van der Waals surface area contributed by atoms with Crippen molar-refractivity contribution in [2.24, 2.45) is 4.99 Å². The molecular formula is C17H20N2O4S. The molecule has 0 aliphatic rings. The predicted octanol–water partition coefficient (Wildman–Crippen LogP) is 3.33. The molecule has 2 rings (SSSR count). The van der Waals surface area contributed by atoms with Gasteiger partial charge in [-0.15, -0.1) is 0 Å². The minimum Gasteiger partial charge on any atom is -0.494 e. The van der Waals surface area contributed by atoms with E-state index in [0.717, 1.165) is 10.6 Å². The number of carbonyl (C=O) groups excluding carboxylic acids is 2. The largest absolute Gasteiger partial charge is 0.494 e.